The van der Waals surface area contributed by atoms with Gasteiger partial charge >= 0.3 is 5.69 Å². The molecule has 0 saturated carbocycles. The summed E-state index contributed by atoms with van der Waals surface area (Å²) in [7, 11) is 0. The second-order valence-corrected chi connectivity index (χ2v) is 8.43. The fourth-order valence-electron chi connectivity index (χ4n) is 4.20. The van der Waals surface area contributed by atoms with Crippen LogP contribution < -0.4 is 15.9 Å². The van der Waals surface area contributed by atoms with Crippen molar-refractivity contribution in [3.8, 4) is 5.69 Å². The van der Waals surface area contributed by atoms with Crippen LogP contribution in [0.1, 0.15) is 38.4 Å². The molecule has 0 radical (unpaired) electrons. The molecule has 2 aromatic heterocycles. The molecule has 1 aromatic carbocycles. The van der Waals surface area contributed by atoms with Gasteiger partial charge in [0.15, 0.2) is 0 Å². The van der Waals surface area contributed by atoms with Crippen molar-refractivity contribution in [3.05, 3.63) is 71.0 Å². The van der Waals surface area contributed by atoms with Crippen LogP contribution >= 0.6 is 0 Å². The van der Waals surface area contributed by atoms with Gasteiger partial charge in [-0.1, -0.05) is 30.3 Å². The van der Waals surface area contributed by atoms with Crippen molar-refractivity contribution < 1.29 is 4.79 Å². The molecule has 1 amide bonds. The predicted molar refractivity (Wildman–Crippen MR) is 128 cm³/mol. The molecule has 4 rings (SSSR count). The average Bonchev–Trinajstić information content (AvgIpc) is 3.22. The third-order valence-corrected chi connectivity index (χ3v) is 5.91. The molecule has 3 heterocycles. The first-order valence-corrected chi connectivity index (χ1v) is 11.4. The molecule has 9 heteroatoms. The number of piperazine rings is 1. The number of carbonyl (C=O) groups is 1. The van der Waals surface area contributed by atoms with Crippen molar-refractivity contribution >= 4 is 11.7 Å². The summed E-state index contributed by atoms with van der Waals surface area (Å²) < 4.78 is 2.95. The molecule has 33 heavy (non-hydrogen) atoms. The van der Waals surface area contributed by atoms with Crippen LogP contribution in [0.2, 0.25) is 0 Å². The largest absolute Gasteiger partial charge is 0.355 e. The Labute approximate surface area is 193 Å². The summed E-state index contributed by atoms with van der Waals surface area (Å²) in [5.74, 6) is 0.893. The highest BCUT2D eigenvalue weighted by Gasteiger charge is 2.30. The van der Waals surface area contributed by atoms with Gasteiger partial charge in [0.2, 0.25) is 5.91 Å². The minimum atomic E-state index is -0.298. The number of pyridine rings is 1. The van der Waals surface area contributed by atoms with Crippen LogP contribution in [0.25, 0.3) is 5.69 Å². The van der Waals surface area contributed by atoms with Crippen LogP contribution in [-0.4, -0.2) is 62.9 Å². The van der Waals surface area contributed by atoms with Crippen molar-refractivity contribution in [2.75, 3.05) is 37.6 Å². The summed E-state index contributed by atoms with van der Waals surface area (Å²) in [6, 6.07) is 13.5. The normalized spacial score (nSPS) is 15.6. The molecule has 0 spiro atoms. The van der Waals surface area contributed by atoms with Gasteiger partial charge < -0.3 is 10.2 Å². The van der Waals surface area contributed by atoms with E-state index in [0.717, 1.165) is 37.6 Å². The first kappa shape index (κ1) is 22.7. The molecule has 0 bridgehead atoms. The van der Waals surface area contributed by atoms with Crippen LogP contribution in [0.4, 0.5) is 5.82 Å². The maximum Gasteiger partial charge on any atom is 0.350 e. The fourth-order valence-corrected chi connectivity index (χ4v) is 4.20. The van der Waals surface area contributed by atoms with E-state index >= 15 is 0 Å². The van der Waals surface area contributed by atoms with Crippen LogP contribution in [0.5, 0.6) is 0 Å². The van der Waals surface area contributed by atoms with E-state index in [1.54, 1.807) is 6.20 Å². The molecule has 1 atom stereocenters. The number of rotatable bonds is 7. The number of amides is 1. The fraction of sp³-hybridized carbons (Fsp3) is 0.417. The van der Waals surface area contributed by atoms with Gasteiger partial charge in [0.25, 0.3) is 0 Å². The lowest BCUT2D eigenvalue weighted by atomic mass is 10.0. The minimum Gasteiger partial charge on any atom is -0.355 e. The van der Waals surface area contributed by atoms with Crippen molar-refractivity contribution in [2.45, 2.75) is 32.9 Å². The van der Waals surface area contributed by atoms with Crippen molar-refractivity contribution in [3.63, 3.8) is 0 Å². The number of aromatic nitrogens is 4. The topological polar surface area (TPSA) is 88.3 Å². The van der Waals surface area contributed by atoms with Gasteiger partial charge in [-0.3, -0.25) is 9.69 Å². The monoisotopic (exact) mass is 449 g/mol. The van der Waals surface area contributed by atoms with Crippen LogP contribution in [0.15, 0.2) is 59.8 Å². The van der Waals surface area contributed by atoms with Gasteiger partial charge in [-0.25, -0.2) is 19.0 Å². The van der Waals surface area contributed by atoms with Crippen LogP contribution in [0.3, 0.4) is 0 Å². The van der Waals surface area contributed by atoms with E-state index in [2.05, 4.69) is 25.2 Å². The third-order valence-electron chi connectivity index (χ3n) is 5.91. The van der Waals surface area contributed by atoms with Crippen LogP contribution in [-0.2, 0) is 4.79 Å². The predicted octanol–water partition coefficient (Wildman–Crippen LogP) is 2.01. The molecule has 1 unspecified atom stereocenters. The van der Waals surface area contributed by atoms with Gasteiger partial charge in [0.05, 0.1) is 17.9 Å². The van der Waals surface area contributed by atoms with Crippen molar-refractivity contribution in [2.24, 2.45) is 0 Å². The number of hydrogen-bond donors (Lipinski definition) is 1. The summed E-state index contributed by atoms with van der Waals surface area (Å²) in [5, 5.41) is 7.15. The second kappa shape index (κ2) is 9.99. The Balaban J connectivity index is 1.45. The quantitative estimate of drug-likeness (QED) is 0.594. The van der Waals surface area contributed by atoms with Crippen molar-refractivity contribution in [1.29, 1.82) is 0 Å². The molecule has 1 N–H and O–H groups in total. The lowest BCUT2D eigenvalue weighted by Gasteiger charge is -2.39. The zero-order valence-electron chi connectivity index (χ0n) is 19.4. The second-order valence-electron chi connectivity index (χ2n) is 8.43. The van der Waals surface area contributed by atoms with E-state index in [1.165, 1.54) is 15.6 Å². The number of anilines is 1. The first-order chi connectivity index (χ1) is 16.0. The summed E-state index contributed by atoms with van der Waals surface area (Å²) in [6.07, 6.45) is 3.24. The summed E-state index contributed by atoms with van der Waals surface area (Å²) in [5.41, 5.74) is 1.52. The molecule has 1 aliphatic heterocycles. The van der Waals surface area contributed by atoms with E-state index in [1.807, 2.05) is 63.2 Å². The van der Waals surface area contributed by atoms with Crippen molar-refractivity contribution in [1.82, 2.24) is 29.5 Å². The Hall–Kier alpha value is -3.46. The van der Waals surface area contributed by atoms with Gasteiger partial charge in [-0.2, -0.15) is 5.10 Å². The number of benzene rings is 1. The highest BCUT2D eigenvalue weighted by molar-refractivity contribution is 5.83. The summed E-state index contributed by atoms with van der Waals surface area (Å²) in [4.78, 5) is 34.4. The zero-order valence-corrected chi connectivity index (χ0v) is 19.4. The standard InChI is InChI=1S/C24H31N7O2/c1-4-25-23(32)22(19-8-6-5-7-9-19)29-14-12-28(13-15-29)21-11-10-20(16-26-21)30-17-27-31(18(2)3)24(30)33/h5-11,16-18,22H,4,12-15H2,1-3H3,(H,25,32). The number of hydrogen-bond acceptors (Lipinski definition) is 6. The third kappa shape index (κ3) is 4.83. The molecule has 0 aliphatic carbocycles. The van der Waals surface area contributed by atoms with E-state index in [0.29, 0.717) is 12.2 Å². The first-order valence-electron chi connectivity index (χ1n) is 11.4. The zero-order chi connectivity index (χ0) is 23.4. The van der Waals surface area contributed by atoms with Gasteiger partial charge in [0.1, 0.15) is 18.2 Å². The summed E-state index contributed by atoms with van der Waals surface area (Å²) in [6.45, 7) is 9.43. The average molecular weight is 450 g/mol. The Morgan fingerprint density at radius 3 is 2.36 bits per heavy atom. The molecule has 1 saturated heterocycles. The van der Waals surface area contributed by atoms with Gasteiger partial charge in [0, 0.05) is 32.7 Å². The molecule has 174 valence electrons. The maximum atomic E-state index is 12.8. The maximum absolute atomic E-state index is 12.8. The highest BCUT2D eigenvalue weighted by Crippen LogP contribution is 2.24. The van der Waals surface area contributed by atoms with Gasteiger partial charge in [-0.05, 0) is 38.5 Å². The minimum absolute atomic E-state index is 0.00129. The van der Waals surface area contributed by atoms with Gasteiger partial charge in [-0.15, -0.1) is 0 Å². The molecule has 1 aliphatic rings. The number of likely N-dealkylation sites (N-methyl/N-ethyl adjacent to an activating group) is 1. The summed E-state index contributed by atoms with van der Waals surface area (Å²) >= 11 is 0. The highest BCUT2D eigenvalue weighted by atomic mass is 16.2. The Bertz CT molecular complexity index is 1110. The molecular weight excluding hydrogens is 418 g/mol. The number of carbonyl (C=O) groups excluding carboxylic acids is 1. The van der Waals surface area contributed by atoms with E-state index in [4.69, 9.17) is 0 Å². The lowest BCUT2D eigenvalue weighted by molar-refractivity contribution is -0.126. The molecule has 1 fully saturated rings. The Morgan fingerprint density at radius 1 is 1.06 bits per heavy atom. The van der Waals surface area contributed by atoms with E-state index in [-0.39, 0.29) is 23.7 Å². The van der Waals surface area contributed by atoms with Crippen LogP contribution in [0, 0.1) is 0 Å². The Morgan fingerprint density at radius 2 is 1.79 bits per heavy atom. The van der Waals surface area contributed by atoms with E-state index in [9.17, 15) is 9.59 Å². The molecule has 9 nitrogen and oxygen atoms in total. The smallest absolute Gasteiger partial charge is 0.350 e. The number of nitrogens with zero attached hydrogens (tertiary/aromatic N) is 6. The SMILES string of the molecule is CCNC(=O)C(c1ccccc1)N1CCN(c2ccc(-n3cnn(C(C)C)c3=O)cn2)CC1. The van der Waals surface area contributed by atoms with E-state index < -0.39 is 0 Å². The lowest BCUT2D eigenvalue weighted by Crippen LogP contribution is -2.51. The molecule has 3 aromatic rings. The number of nitrogens with one attached hydrogen (secondary N) is 1. The molecular formula is C24H31N7O2. The Kier molecular flexibility index (Phi) is 6.88.